The van der Waals surface area contributed by atoms with Gasteiger partial charge in [0.05, 0.1) is 5.69 Å². The molecule has 2 aromatic carbocycles. The second-order valence-corrected chi connectivity index (χ2v) is 4.47. The quantitative estimate of drug-likeness (QED) is 0.833. The summed E-state index contributed by atoms with van der Waals surface area (Å²) in [5.41, 5.74) is 2.12. The minimum atomic E-state index is -0.473. The fourth-order valence-corrected chi connectivity index (χ4v) is 1.78. The lowest BCUT2D eigenvalue weighted by molar-refractivity contribution is 0.102. The van der Waals surface area contributed by atoms with Crippen LogP contribution in [0.4, 0.5) is 10.1 Å². The molecule has 2 N–H and O–H groups in total. The molecule has 0 unspecified atom stereocenters. The first-order valence-corrected chi connectivity index (χ1v) is 6.37. The van der Waals surface area contributed by atoms with Crippen molar-refractivity contribution in [1.82, 2.24) is 0 Å². The molecule has 0 aliphatic heterocycles. The molecule has 0 saturated heterocycles. The molecule has 2 rings (SSSR count). The molecule has 0 aliphatic carbocycles. The number of hydrogen-bond acceptors (Lipinski definition) is 2. The maximum atomic E-state index is 13.6. The number of anilines is 1. The van der Waals surface area contributed by atoms with Gasteiger partial charge in [0.25, 0.3) is 5.91 Å². The number of benzene rings is 2. The fourth-order valence-electron chi connectivity index (χ4n) is 1.78. The maximum Gasteiger partial charge on any atom is 0.255 e. The van der Waals surface area contributed by atoms with E-state index >= 15 is 0 Å². The van der Waals surface area contributed by atoms with Gasteiger partial charge in [-0.1, -0.05) is 17.9 Å². The van der Waals surface area contributed by atoms with Gasteiger partial charge in [0.1, 0.15) is 12.4 Å². The van der Waals surface area contributed by atoms with Crippen molar-refractivity contribution in [3.05, 3.63) is 65.0 Å². The largest absolute Gasteiger partial charge is 0.384 e. The van der Waals surface area contributed by atoms with Crippen molar-refractivity contribution in [1.29, 1.82) is 0 Å². The van der Waals surface area contributed by atoms with Crippen LogP contribution in [0, 0.1) is 24.6 Å². The summed E-state index contributed by atoms with van der Waals surface area (Å²) in [6.45, 7) is 1.61. The van der Waals surface area contributed by atoms with E-state index in [2.05, 4.69) is 17.2 Å². The van der Waals surface area contributed by atoms with Gasteiger partial charge >= 0.3 is 0 Å². The van der Waals surface area contributed by atoms with E-state index in [4.69, 9.17) is 5.11 Å². The Kier molecular flexibility index (Phi) is 4.70. The highest BCUT2D eigenvalue weighted by Gasteiger charge is 2.09. The number of halogens is 1. The normalized spacial score (nSPS) is 9.67. The number of aryl methyl sites for hydroxylation is 1. The molecular formula is C17H14FNO2. The Morgan fingerprint density at radius 3 is 2.62 bits per heavy atom. The molecule has 0 saturated carbocycles. The van der Waals surface area contributed by atoms with E-state index < -0.39 is 5.82 Å². The third kappa shape index (κ3) is 3.91. The number of rotatable bonds is 2. The fraction of sp³-hybridized carbons (Fsp3) is 0.118. The summed E-state index contributed by atoms with van der Waals surface area (Å²) in [5.74, 6) is 4.40. The molecule has 0 aliphatic rings. The molecule has 0 atom stereocenters. The lowest BCUT2D eigenvalue weighted by Gasteiger charge is -2.07. The predicted octanol–water partition coefficient (Wildman–Crippen LogP) is 2.73. The van der Waals surface area contributed by atoms with Crippen LogP contribution in [-0.2, 0) is 0 Å². The second-order valence-electron chi connectivity index (χ2n) is 4.47. The van der Waals surface area contributed by atoms with Crippen molar-refractivity contribution in [3.8, 4) is 11.8 Å². The number of aliphatic hydroxyl groups is 1. The highest BCUT2D eigenvalue weighted by atomic mass is 19.1. The van der Waals surface area contributed by atoms with Gasteiger partial charge in [0, 0.05) is 11.1 Å². The molecule has 1 amide bonds. The smallest absolute Gasteiger partial charge is 0.255 e. The summed E-state index contributed by atoms with van der Waals surface area (Å²) in [6, 6.07) is 11.1. The van der Waals surface area contributed by atoms with Crippen LogP contribution in [0.5, 0.6) is 0 Å². The highest BCUT2D eigenvalue weighted by Crippen LogP contribution is 2.17. The monoisotopic (exact) mass is 283 g/mol. The molecule has 0 radical (unpaired) electrons. The highest BCUT2D eigenvalue weighted by molar-refractivity contribution is 6.04. The van der Waals surface area contributed by atoms with E-state index in [0.29, 0.717) is 11.1 Å². The molecule has 4 heteroatoms. The van der Waals surface area contributed by atoms with Gasteiger partial charge in [-0.15, -0.1) is 0 Å². The second kappa shape index (κ2) is 6.69. The predicted molar refractivity (Wildman–Crippen MR) is 79.5 cm³/mol. The van der Waals surface area contributed by atoms with E-state index in [1.807, 2.05) is 6.92 Å². The number of carbonyl (C=O) groups is 1. The molecule has 106 valence electrons. The summed E-state index contributed by atoms with van der Waals surface area (Å²) in [4.78, 5) is 12.0. The van der Waals surface area contributed by atoms with Gasteiger partial charge in [-0.05, 0) is 48.9 Å². The van der Waals surface area contributed by atoms with Gasteiger partial charge in [0.2, 0.25) is 0 Å². The van der Waals surface area contributed by atoms with Crippen LogP contribution in [0.3, 0.4) is 0 Å². The Bertz CT molecular complexity index is 712. The summed E-state index contributed by atoms with van der Waals surface area (Å²) in [5, 5.41) is 11.1. The Hall–Kier alpha value is -2.64. The summed E-state index contributed by atoms with van der Waals surface area (Å²) >= 11 is 0. The Morgan fingerprint density at radius 1 is 1.24 bits per heavy atom. The molecule has 0 bridgehead atoms. The van der Waals surface area contributed by atoms with Gasteiger partial charge in [0.15, 0.2) is 0 Å². The average molecular weight is 283 g/mol. The van der Waals surface area contributed by atoms with Crippen LogP contribution in [0.1, 0.15) is 21.5 Å². The van der Waals surface area contributed by atoms with Gasteiger partial charge in [-0.3, -0.25) is 4.79 Å². The lowest BCUT2D eigenvalue weighted by atomic mass is 10.1. The van der Waals surface area contributed by atoms with E-state index in [1.54, 1.807) is 36.4 Å². The first-order chi connectivity index (χ1) is 10.1. The number of carbonyl (C=O) groups excluding carboxylic acids is 1. The molecule has 21 heavy (non-hydrogen) atoms. The van der Waals surface area contributed by atoms with Crippen LogP contribution in [-0.4, -0.2) is 17.6 Å². The van der Waals surface area contributed by atoms with E-state index in [1.165, 1.54) is 6.07 Å². The van der Waals surface area contributed by atoms with Crippen molar-refractivity contribution in [3.63, 3.8) is 0 Å². The minimum Gasteiger partial charge on any atom is -0.384 e. The van der Waals surface area contributed by atoms with Crippen molar-refractivity contribution in [2.45, 2.75) is 6.92 Å². The minimum absolute atomic E-state index is 0.157. The third-order valence-electron chi connectivity index (χ3n) is 2.83. The van der Waals surface area contributed by atoms with Crippen LogP contribution < -0.4 is 5.32 Å². The van der Waals surface area contributed by atoms with E-state index in [9.17, 15) is 9.18 Å². The Morgan fingerprint density at radius 2 is 1.95 bits per heavy atom. The average Bonchev–Trinajstić information content (AvgIpc) is 2.49. The Labute approximate surface area is 122 Å². The van der Waals surface area contributed by atoms with Gasteiger partial charge in [-0.25, -0.2) is 4.39 Å². The van der Waals surface area contributed by atoms with E-state index in [0.717, 1.165) is 5.56 Å². The van der Waals surface area contributed by atoms with E-state index in [-0.39, 0.29) is 18.2 Å². The molecule has 0 aromatic heterocycles. The standard InChI is InChI=1S/C17H14FNO2/c1-12-4-9-15(18)16(11-12)19-17(21)14-7-5-13(6-8-14)3-2-10-20/h4-9,11,20H,10H2,1H3,(H,19,21). The zero-order chi connectivity index (χ0) is 15.2. The molecule has 0 heterocycles. The van der Waals surface area contributed by atoms with Crippen LogP contribution in [0.25, 0.3) is 0 Å². The summed E-state index contributed by atoms with van der Waals surface area (Å²) in [6.07, 6.45) is 0. The molecule has 3 nitrogen and oxygen atoms in total. The molecular weight excluding hydrogens is 269 g/mol. The van der Waals surface area contributed by atoms with Crippen LogP contribution >= 0.6 is 0 Å². The summed E-state index contributed by atoms with van der Waals surface area (Å²) in [7, 11) is 0. The molecule has 0 spiro atoms. The number of amides is 1. The maximum absolute atomic E-state index is 13.6. The summed E-state index contributed by atoms with van der Waals surface area (Å²) < 4.78 is 13.6. The SMILES string of the molecule is Cc1ccc(F)c(NC(=O)c2ccc(C#CCO)cc2)c1. The molecule has 2 aromatic rings. The number of hydrogen-bond donors (Lipinski definition) is 2. The topological polar surface area (TPSA) is 49.3 Å². The third-order valence-corrected chi connectivity index (χ3v) is 2.83. The van der Waals surface area contributed by atoms with Crippen molar-refractivity contribution in [2.75, 3.05) is 11.9 Å². The molecule has 0 fully saturated rings. The zero-order valence-electron chi connectivity index (χ0n) is 11.5. The zero-order valence-corrected chi connectivity index (χ0v) is 11.5. The van der Waals surface area contributed by atoms with Crippen molar-refractivity contribution in [2.24, 2.45) is 0 Å². The van der Waals surface area contributed by atoms with Gasteiger partial charge < -0.3 is 10.4 Å². The first-order valence-electron chi connectivity index (χ1n) is 6.37. The number of aliphatic hydroxyl groups excluding tert-OH is 1. The van der Waals surface area contributed by atoms with Crippen molar-refractivity contribution < 1.29 is 14.3 Å². The van der Waals surface area contributed by atoms with Crippen LogP contribution in [0.15, 0.2) is 42.5 Å². The Balaban J connectivity index is 2.15. The first kappa shape index (κ1) is 14.8. The lowest BCUT2D eigenvalue weighted by Crippen LogP contribution is -2.13. The van der Waals surface area contributed by atoms with Crippen molar-refractivity contribution >= 4 is 11.6 Å². The van der Waals surface area contributed by atoms with Crippen LogP contribution in [0.2, 0.25) is 0 Å². The van der Waals surface area contributed by atoms with Gasteiger partial charge in [-0.2, -0.15) is 0 Å². The number of nitrogens with one attached hydrogen (secondary N) is 1.